The summed E-state index contributed by atoms with van der Waals surface area (Å²) in [7, 11) is 0. The minimum Gasteiger partial charge on any atom is -0.480 e. The van der Waals surface area contributed by atoms with Crippen molar-refractivity contribution in [1.29, 1.82) is 0 Å². The molecule has 0 aromatic rings. The lowest BCUT2D eigenvalue weighted by Crippen LogP contribution is -2.44. The van der Waals surface area contributed by atoms with E-state index in [9.17, 15) is 9.59 Å². The number of aliphatic carboxylic acids is 1. The van der Waals surface area contributed by atoms with Crippen LogP contribution in [-0.2, 0) is 9.59 Å². The van der Waals surface area contributed by atoms with Crippen LogP contribution in [0.4, 0.5) is 0 Å². The largest absolute Gasteiger partial charge is 0.480 e. The zero-order valence-corrected chi connectivity index (χ0v) is 9.26. The summed E-state index contributed by atoms with van der Waals surface area (Å²) >= 11 is 1.59. The monoisotopic (exact) mass is 230 g/mol. The minimum atomic E-state index is -1.08. The van der Waals surface area contributed by atoms with Crippen LogP contribution in [0.2, 0.25) is 0 Å². The number of carboxylic acid groups (broad SMARTS) is 1. The minimum absolute atomic E-state index is 0.385. The molecule has 5 nitrogen and oxygen atoms in total. The Morgan fingerprint density at radius 1 is 1.60 bits per heavy atom. The molecule has 3 N–H and O–H groups in total. The Morgan fingerprint density at radius 2 is 2.27 bits per heavy atom. The van der Waals surface area contributed by atoms with Crippen molar-refractivity contribution in [1.82, 2.24) is 10.6 Å². The molecule has 0 aliphatic carbocycles. The van der Waals surface area contributed by atoms with Crippen molar-refractivity contribution < 1.29 is 14.7 Å². The molecule has 84 valence electrons. The lowest BCUT2D eigenvalue weighted by molar-refractivity contribution is -0.138. The zero-order valence-electron chi connectivity index (χ0n) is 8.45. The van der Waals surface area contributed by atoms with Crippen molar-refractivity contribution in [3.8, 4) is 12.5 Å². The molecular weight excluding hydrogens is 216 g/mol. The summed E-state index contributed by atoms with van der Waals surface area (Å²) in [6, 6.07) is 1.65. The van der Waals surface area contributed by atoms with Crippen LogP contribution in [-0.4, -0.2) is 41.6 Å². The maximum atomic E-state index is 11.4. The number of carbonyl (C=O) groups is 2. The molecule has 0 saturated heterocycles. The van der Waals surface area contributed by atoms with Crippen LogP contribution < -0.4 is 10.6 Å². The number of thioether (sulfide) groups is 1. The number of nitrogens with one attached hydrogen (secondary N) is 2. The molecule has 0 aliphatic heterocycles. The molecule has 0 saturated carbocycles. The van der Waals surface area contributed by atoms with Crippen LogP contribution in [0.1, 0.15) is 6.42 Å². The maximum absolute atomic E-state index is 11.4. The Labute approximate surface area is 93.0 Å². The normalized spacial score (nSPS) is 11.2. The van der Waals surface area contributed by atoms with Gasteiger partial charge < -0.3 is 15.7 Å². The van der Waals surface area contributed by atoms with Gasteiger partial charge in [-0.3, -0.25) is 9.59 Å². The molecule has 0 bridgehead atoms. The van der Waals surface area contributed by atoms with Gasteiger partial charge in [0.1, 0.15) is 12.6 Å². The Morgan fingerprint density at radius 3 is 2.73 bits per heavy atom. The topological polar surface area (TPSA) is 78.4 Å². The van der Waals surface area contributed by atoms with E-state index in [0.717, 1.165) is 5.75 Å². The predicted octanol–water partition coefficient (Wildman–Crippen LogP) is -0.511. The zero-order chi connectivity index (χ0) is 11.7. The molecule has 1 atom stereocenters. The van der Waals surface area contributed by atoms with Crippen LogP contribution in [0.25, 0.3) is 0 Å². The van der Waals surface area contributed by atoms with Crippen LogP contribution in [0, 0.1) is 12.5 Å². The smallest absolute Gasteiger partial charge is 0.322 e. The van der Waals surface area contributed by atoms with E-state index in [1.165, 1.54) is 0 Å². The quantitative estimate of drug-likeness (QED) is 0.405. The number of carboxylic acids is 1. The summed E-state index contributed by atoms with van der Waals surface area (Å²) in [5.41, 5.74) is 0. The summed E-state index contributed by atoms with van der Waals surface area (Å²) in [5, 5.41) is 13.2. The second-order valence-electron chi connectivity index (χ2n) is 2.73. The maximum Gasteiger partial charge on any atom is 0.322 e. The van der Waals surface area contributed by atoms with E-state index in [4.69, 9.17) is 11.5 Å². The summed E-state index contributed by atoms with van der Waals surface area (Å²) in [4.78, 5) is 21.6. The Kier molecular flexibility index (Phi) is 7.28. The van der Waals surface area contributed by atoms with Gasteiger partial charge in [-0.05, 0) is 18.4 Å². The molecule has 0 radical (unpaired) electrons. The van der Waals surface area contributed by atoms with Gasteiger partial charge in [0, 0.05) is 6.04 Å². The summed E-state index contributed by atoms with van der Waals surface area (Å²) in [6.45, 7) is -0.388. The van der Waals surface area contributed by atoms with Gasteiger partial charge in [0.05, 0.1) is 0 Å². The molecule has 0 aliphatic rings. The number of amides is 1. The molecule has 0 rings (SSSR count). The second kappa shape index (κ2) is 8.00. The van der Waals surface area contributed by atoms with Crippen LogP contribution >= 0.6 is 11.8 Å². The Bertz CT molecular complexity index is 263. The van der Waals surface area contributed by atoms with Gasteiger partial charge in [0.15, 0.2) is 0 Å². The van der Waals surface area contributed by atoms with Crippen molar-refractivity contribution in [2.24, 2.45) is 0 Å². The summed E-state index contributed by atoms with van der Waals surface area (Å²) in [5.74, 6) is -0.683. The van der Waals surface area contributed by atoms with Crippen LogP contribution in [0.3, 0.4) is 0 Å². The lowest BCUT2D eigenvalue weighted by atomic mass is 10.2. The Hall–Kier alpha value is -1.35. The number of hydrogen-bond acceptors (Lipinski definition) is 4. The van der Waals surface area contributed by atoms with E-state index in [-0.39, 0.29) is 12.5 Å². The summed E-state index contributed by atoms with van der Waals surface area (Å²) < 4.78 is 0. The number of hydrogen-bond donors (Lipinski definition) is 3. The van der Waals surface area contributed by atoms with Gasteiger partial charge in [-0.25, -0.2) is 0 Å². The van der Waals surface area contributed by atoms with E-state index in [1.807, 2.05) is 6.26 Å². The summed E-state index contributed by atoms with van der Waals surface area (Å²) in [6.07, 6.45) is 7.52. The van der Waals surface area contributed by atoms with Gasteiger partial charge in [-0.1, -0.05) is 6.42 Å². The van der Waals surface area contributed by atoms with Gasteiger partial charge in [0.2, 0.25) is 5.91 Å². The standard InChI is InChI=1S/C9H14N2O3S/c1-3-10-7(4-5-15-2)9(14)11-6-8(12)13/h1,7,10H,4-6H2,2H3,(H,11,14)(H,12,13). The number of rotatable bonds is 7. The van der Waals surface area contributed by atoms with Gasteiger partial charge in [-0.2, -0.15) is 11.8 Å². The molecule has 0 heterocycles. The average Bonchev–Trinajstić information content (AvgIpc) is 2.20. The fourth-order valence-electron chi connectivity index (χ4n) is 0.891. The highest BCUT2D eigenvalue weighted by atomic mass is 32.2. The molecule has 0 aromatic carbocycles. The number of carbonyl (C=O) groups excluding carboxylic acids is 1. The molecule has 1 amide bonds. The molecular formula is C9H14N2O3S. The van der Waals surface area contributed by atoms with E-state index in [0.29, 0.717) is 6.42 Å². The first-order chi connectivity index (χ1) is 7.11. The van der Waals surface area contributed by atoms with Crippen molar-refractivity contribution in [2.75, 3.05) is 18.6 Å². The van der Waals surface area contributed by atoms with Gasteiger partial charge in [-0.15, -0.1) is 0 Å². The highest BCUT2D eigenvalue weighted by molar-refractivity contribution is 7.98. The average molecular weight is 230 g/mol. The fraction of sp³-hybridized carbons (Fsp3) is 0.556. The second-order valence-corrected chi connectivity index (χ2v) is 3.72. The van der Waals surface area contributed by atoms with E-state index in [2.05, 4.69) is 16.7 Å². The van der Waals surface area contributed by atoms with Gasteiger partial charge in [0.25, 0.3) is 0 Å². The van der Waals surface area contributed by atoms with Crippen molar-refractivity contribution in [3.63, 3.8) is 0 Å². The Balaban J connectivity index is 4.04. The van der Waals surface area contributed by atoms with E-state index < -0.39 is 12.0 Å². The molecule has 1 unspecified atom stereocenters. The highest BCUT2D eigenvalue weighted by Crippen LogP contribution is 2.00. The molecule has 0 spiro atoms. The molecule has 0 fully saturated rings. The molecule has 0 aromatic heterocycles. The van der Waals surface area contributed by atoms with Gasteiger partial charge >= 0.3 is 5.97 Å². The molecule has 6 heteroatoms. The van der Waals surface area contributed by atoms with Crippen molar-refractivity contribution in [3.05, 3.63) is 0 Å². The first-order valence-corrected chi connectivity index (χ1v) is 5.70. The predicted molar refractivity (Wildman–Crippen MR) is 59.4 cm³/mol. The molecule has 15 heavy (non-hydrogen) atoms. The van der Waals surface area contributed by atoms with E-state index >= 15 is 0 Å². The van der Waals surface area contributed by atoms with Crippen LogP contribution in [0.5, 0.6) is 0 Å². The van der Waals surface area contributed by atoms with Crippen molar-refractivity contribution >= 4 is 23.6 Å². The van der Waals surface area contributed by atoms with Crippen LogP contribution in [0.15, 0.2) is 0 Å². The third kappa shape index (κ3) is 6.69. The lowest BCUT2D eigenvalue weighted by Gasteiger charge is -2.14. The fourth-order valence-corrected chi connectivity index (χ4v) is 1.36. The SMILES string of the molecule is C#CNC(CCSC)C(=O)NCC(=O)O. The first-order valence-electron chi connectivity index (χ1n) is 4.31. The number of terminal acetylenes is 1. The van der Waals surface area contributed by atoms with E-state index in [1.54, 1.807) is 11.8 Å². The first kappa shape index (κ1) is 13.7. The third-order valence-electron chi connectivity index (χ3n) is 1.60. The van der Waals surface area contributed by atoms with Crippen molar-refractivity contribution in [2.45, 2.75) is 12.5 Å². The highest BCUT2D eigenvalue weighted by Gasteiger charge is 2.16. The third-order valence-corrected chi connectivity index (χ3v) is 2.24.